The van der Waals surface area contributed by atoms with Crippen LogP contribution in [-0.4, -0.2) is 24.4 Å². The molecule has 0 bridgehead atoms. The van der Waals surface area contributed by atoms with Gasteiger partial charge in [-0.25, -0.2) is 0 Å². The number of benzene rings is 1. The predicted octanol–water partition coefficient (Wildman–Crippen LogP) is 0.889. The van der Waals surface area contributed by atoms with Gasteiger partial charge in [0.25, 0.3) is 5.91 Å². The molecule has 0 aliphatic heterocycles. The van der Waals surface area contributed by atoms with Crippen molar-refractivity contribution < 1.29 is 9.59 Å². The van der Waals surface area contributed by atoms with Crippen LogP contribution >= 0.6 is 0 Å². The molecule has 0 saturated carbocycles. The third-order valence-corrected chi connectivity index (χ3v) is 2.81. The molecule has 1 aromatic rings. The third-order valence-electron chi connectivity index (χ3n) is 2.81. The highest BCUT2D eigenvalue weighted by molar-refractivity contribution is 5.97. The van der Waals surface area contributed by atoms with E-state index in [2.05, 4.69) is 19.2 Å². The topological polar surface area (TPSA) is 98.2 Å². The van der Waals surface area contributed by atoms with Gasteiger partial charge in [0.1, 0.15) is 0 Å². The summed E-state index contributed by atoms with van der Waals surface area (Å²) in [6, 6.07) is 6.20. The number of hydrogen-bond donors (Lipinski definition) is 3. The molecule has 0 fully saturated rings. The average molecular weight is 263 g/mol. The molecule has 0 heterocycles. The van der Waals surface area contributed by atoms with E-state index in [-0.39, 0.29) is 11.9 Å². The maximum Gasteiger partial charge on any atom is 0.251 e. The second-order valence-corrected chi connectivity index (χ2v) is 4.98. The summed E-state index contributed by atoms with van der Waals surface area (Å²) in [5.74, 6) is -0.232. The van der Waals surface area contributed by atoms with Gasteiger partial charge in [-0.15, -0.1) is 0 Å². The number of carbonyl (C=O) groups is 2. The Morgan fingerprint density at radius 2 is 1.68 bits per heavy atom. The van der Waals surface area contributed by atoms with Crippen molar-refractivity contribution in [2.45, 2.75) is 26.3 Å². The summed E-state index contributed by atoms with van der Waals surface area (Å²) < 4.78 is 0. The number of nitrogens with one attached hydrogen (secondary N) is 1. The molecular weight excluding hydrogens is 242 g/mol. The smallest absolute Gasteiger partial charge is 0.251 e. The van der Waals surface area contributed by atoms with Crippen LogP contribution in [0.5, 0.6) is 0 Å². The zero-order chi connectivity index (χ0) is 14.4. The SMILES string of the molecule is CC(C)CC(CN)NC(=O)c1ccc(C(N)=O)cc1. The monoisotopic (exact) mass is 263 g/mol. The molecule has 5 nitrogen and oxygen atoms in total. The molecule has 19 heavy (non-hydrogen) atoms. The van der Waals surface area contributed by atoms with Crippen LogP contribution in [0.1, 0.15) is 41.0 Å². The molecule has 5 N–H and O–H groups in total. The zero-order valence-corrected chi connectivity index (χ0v) is 11.3. The van der Waals surface area contributed by atoms with Gasteiger partial charge in [0.15, 0.2) is 0 Å². The maximum absolute atomic E-state index is 12.0. The number of amides is 2. The van der Waals surface area contributed by atoms with Crippen LogP contribution in [0.2, 0.25) is 0 Å². The van der Waals surface area contributed by atoms with Crippen LogP contribution < -0.4 is 16.8 Å². The summed E-state index contributed by atoms with van der Waals surface area (Å²) in [5.41, 5.74) is 11.7. The zero-order valence-electron chi connectivity index (χ0n) is 11.3. The first kappa shape index (κ1) is 15.2. The molecule has 0 saturated heterocycles. The second-order valence-electron chi connectivity index (χ2n) is 4.98. The molecule has 2 amide bonds. The summed E-state index contributed by atoms with van der Waals surface area (Å²) in [7, 11) is 0. The Morgan fingerprint density at radius 1 is 1.16 bits per heavy atom. The molecule has 1 rings (SSSR count). The van der Waals surface area contributed by atoms with E-state index < -0.39 is 5.91 Å². The van der Waals surface area contributed by atoms with Gasteiger partial charge >= 0.3 is 0 Å². The fourth-order valence-corrected chi connectivity index (χ4v) is 1.84. The first-order valence-electron chi connectivity index (χ1n) is 6.34. The first-order valence-corrected chi connectivity index (χ1v) is 6.34. The van der Waals surface area contributed by atoms with E-state index in [1.807, 2.05) is 0 Å². The molecular formula is C14H21N3O2. The number of primary amides is 1. The lowest BCUT2D eigenvalue weighted by Crippen LogP contribution is -2.41. The fraction of sp³-hybridized carbons (Fsp3) is 0.429. The molecule has 0 aromatic heterocycles. The quantitative estimate of drug-likeness (QED) is 0.710. The van der Waals surface area contributed by atoms with Gasteiger partial charge in [0, 0.05) is 23.7 Å². The van der Waals surface area contributed by atoms with Crippen molar-refractivity contribution in [3.63, 3.8) is 0 Å². The van der Waals surface area contributed by atoms with Gasteiger partial charge < -0.3 is 16.8 Å². The van der Waals surface area contributed by atoms with Gasteiger partial charge in [-0.05, 0) is 36.6 Å². The minimum Gasteiger partial charge on any atom is -0.366 e. The summed E-state index contributed by atoms with van der Waals surface area (Å²) in [5, 5.41) is 2.88. The summed E-state index contributed by atoms with van der Waals surface area (Å²) in [4.78, 5) is 22.9. The van der Waals surface area contributed by atoms with Crippen LogP contribution in [-0.2, 0) is 0 Å². The Balaban J connectivity index is 2.69. The van der Waals surface area contributed by atoms with E-state index in [0.717, 1.165) is 6.42 Å². The number of nitrogens with two attached hydrogens (primary N) is 2. The normalized spacial score (nSPS) is 12.2. The minimum absolute atomic E-state index is 0.0386. The van der Waals surface area contributed by atoms with E-state index in [1.54, 1.807) is 12.1 Å². The van der Waals surface area contributed by atoms with Gasteiger partial charge in [-0.3, -0.25) is 9.59 Å². The Morgan fingerprint density at radius 3 is 2.11 bits per heavy atom. The summed E-state index contributed by atoms with van der Waals surface area (Å²) in [6.07, 6.45) is 0.835. The first-order chi connectivity index (χ1) is 8.93. The molecule has 5 heteroatoms. The lowest BCUT2D eigenvalue weighted by Gasteiger charge is -2.18. The van der Waals surface area contributed by atoms with Gasteiger partial charge in [-0.2, -0.15) is 0 Å². The highest BCUT2D eigenvalue weighted by atomic mass is 16.2. The number of carbonyl (C=O) groups excluding carboxylic acids is 2. The van der Waals surface area contributed by atoms with Crippen molar-refractivity contribution in [3.8, 4) is 0 Å². The molecule has 0 spiro atoms. The van der Waals surface area contributed by atoms with Crippen LogP contribution in [0.25, 0.3) is 0 Å². The average Bonchev–Trinajstić information content (AvgIpc) is 2.37. The Hall–Kier alpha value is -1.88. The molecule has 0 aliphatic rings. The predicted molar refractivity (Wildman–Crippen MR) is 74.7 cm³/mol. The van der Waals surface area contributed by atoms with Gasteiger partial charge in [-0.1, -0.05) is 13.8 Å². The Bertz CT molecular complexity index is 441. The van der Waals surface area contributed by atoms with Gasteiger partial charge in [0.2, 0.25) is 5.91 Å². The summed E-state index contributed by atoms with van der Waals surface area (Å²) in [6.45, 7) is 4.57. The van der Waals surface area contributed by atoms with Crippen molar-refractivity contribution in [2.75, 3.05) is 6.54 Å². The molecule has 1 atom stereocenters. The standard InChI is InChI=1S/C14H21N3O2/c1-9(2)7-12(8-15)17-14(19)11-5-3-10(4-6-11)13(16)18/h3-6,9,12H,7-8,15H2,1-2H3,(H2,16,18)(H,17,19). The van der Waals surface area contributed by atoms with E-state index >= 15 is 0 Å². The fourth-order valence-electron chi connectivity index (χ4n) is 1.84. The highest BCUT2D eigenvalue weighted by Crippen LogP contribution is 2.07. The molecule has 1 aromatic carbocycles. The summed E-state index contributed by atoms with van der Waals surface area (Å²) >= 11 is 0. The van der Waals surface area contributed by atoms with Crippen molar-refractivity contribution in [2.24, 2.45) is 17.4 Å². The lowest BCUT2D eigenvalue weighted by molar-refractivity contribution is 0.0931. The third kappa shape index (κ3) is 4.71. The maximum atomic E-state index is 12.0. The largest absolute Gasteiger partial charge is 0.366 e. The van der Waals surface area contributed by atoms with Crippen molar-refractivity contribution in [3.05, 3.63) is 35.4 Å². The Labute approximate surface area is 113 Å². The second kappa shape index (κ2) is 6.89. The van der Waals surface area contributed by atoms with Gasteiger partial charge in [0.05, 0.1) is 0 Å². The molecule has 0 radical (unpaired) electrons. The minimum atomic E-state index is -0.508. The van der Waals surface area contributed by atoms with Crippen molar-refractivity contribution >= 4 is 11.8 Å². The van der Waals surface area contributed by atoms with Crippen LogP contribution in [0, 0.1) is 5.92 Å². The van der Waals surface area contributed by atoms with E-state index in [4.69, 9.17) is 11.5 Å². The molecule has 0 aliphatic carbocycles. The number of hydrogen-bond acceptors (Lipinski definition) is 3. The Kier molecular flexibility index (Phi) is 5.51. The highest BCUT2D eigenvalue weighted by Gasteiger charge is 2.14. The lowest BCUT2D eigenvalue weighted by atomic mass is 10.0. The molecule has 1 unspecified atom stereocenters. The molecule has 104 valence electrons. The van der Waals surface area contributed by atoms with Crippen molar-refractivity contribution in [1.82, 2.24) is 5.32 Å². The van der Waals surface area contributed by atoms with E-state index in [9.17, 15) is 9.59 Å². The van der Waals surface area contributed by atoms with Crippen LogP contribution in [0.3, 0.4) is 0 Å². The van der Waals surface area contributed by atoms with Crippen LogP contribution in [0.15, 0.2) is 24.3 Å². The van der Waals surface area contributed by atoms with Crippen molar-refractivity contribution in [1.29, 1.82) is 0 Å². The van der Waals surface area contributed by atoms with E-state index in [0.29, 0.717) is 23.6 Å². The number of rotatable bonds is 6. The van der Waals surface area contributed by atoms with Crippen LogP contribution in [0.4, 0.5) is 0 Å². The van der Waals surface area contributed by atoms with E-state index in [1.165, 1.54) is 12.1 Å².